The Morgan fingerprint density at radius 3 is 2.41 bits per heavy atom. The molecule has 0 saturated carbocycles. The summed E-state index contributed by atoms with van der Waals surface area (Å²) in [4.78, 5) is 27.9. The molecule has 0 aromatic rings. The molecule has 0 unspecified atom stereocenters. The lowest BCUT2D eigenvalue weighted by Gasteiger charge is -2.31. The molecular formula is C16H30N4O2. The summed E-state index contributed by atoms with van der Waals surface area (Å²) in [5.41, 5.74) is 0. The molecule has 0 spiro atoms. The van der Waals surface area contributed by atoms with Gasteiger partial charge in [-0.05, 0) is 64.7 Å². The zero-order valence-corrected chi connectivity index (χ0v) is 13.8. The van der Waals surface area contributed by atoms with Gasteiger partial charge < -0.3 is 15.5 Å². The van der Waals surface area contributed by atoms with Crippen LogP contribution in [0.4, 0.5) is 0 Å². The Bertz CT molecular complexity index is 361. The second-order valence-corrected chi connectivity index (χ2v) is 6.48. The number of hydrogen-bond acceptors (Lipinski definition) is 4. The third-order valence-electron chi connectivity index (χ3n) is 4.77. The van der Waals surface area contributed by atoms with Crippen LogP contribution in [-0.2, 0) is 9.59 Å². The van der Waals surface area contributed by atoms with Crippen LogP contribution in [0.15, 0.2) is 0 Å². The van der Waals surface area contributed by atoms with Crippen LogP contribution in [0.2, 0.25) is 0 Å². The molecule has 2 heterocycles. The smallest absolute Gasteiger partial charge is 0.241 e. The largest absolute Gasteiger partial charge is 0.346 e. The molecule has 0 atom stereocenters. The number of rotatable bonds is 7. The van der Waals surface area contributed by atoms with E-state index in [0.717, 1.165) is 51.5 Å². The molecule has 2 amide bonds. The quantitative estimate of drug-likeness (QED) is 0.697. The minimum atomic E-state index is -0.0266. The Morgan fingerprint density at radius 2 is 1.77 bits per heavy atom. The molecule has 6 heteroatoms. The molecule has 2 aliphatic rings. The van der Waals surface area contributed by atoms with Gasteiger partial charge in [0.05, 0.1) is 13.1 Å². The molecule has 0 bridgehead atoms. The average Bonchev–Trinajstić information content (AvgIpc) is 3.06. The summed E-state index contributed by atoms with van der Waals surface area (Å²) >= 11 is 0. The summed E-state index contributed by atoms with van der Waals surface area (Å²) in [5, 5.41) is 5.97. The number of hydrogen-bond donors (Lipinski definition) is 2. The second kappa shape index (κ2) is 9.10. The van der Waals surface area contributed by atoms with Gasteiger partial charge in [0.1, 0.15) is 0 Å². The number of piperidine rings is 1. The van der Waals surface area contributed by atoms with E-state index in [0.29, 0.717) is 6.54 Å². The van der Waals surface area contributed by atoms with Gasteiger partial charge in [0.15, 0.2) is 0 Å². The van der Waals surface area contributed by atoms with E-state index in [2.05, 4.69) is 15.5 Å². The van der Waals surface area contributed by atoms with Gasteiger partial charge in [-0.1, -0.05) is 0 Å². The molecule has 0 aromatic carbocycles. The van der Waals surface area contributed by atoms with Crippen LogP contribution >= 0.6 is 0 Å². The number of carbonyl (C=O) groups is 2. The van der Waals surface area contributed by atoms with Crippen molar-refractivity contribution >= 4 is 11.8 Å². The van der Waals surface area contributed by atoms with Gasteiger partial charge in [-0.2, -0.15) is 0 Å². The standard InChI is InChI=1S/C16H30N4O2/c1-17-7-4-14-5-10-19(11-6-14)13-15(21)18-12-16(22)20-8-2-3-9-20/h14,17H,2-13H2,1H3,(H,18,21). The van der Waals surface area contributed by atoms with E-state index in [1.807, 2.05) is 11.9 Å². The molecule has 2 aliphatic heterocycles. The third kappa shape index (κ3) is 5.57. The molecule has 6 nitrogen and oxygen atoms in total. The summed E-state index contributed by atoms with van der Waals surface area (Å²) in [6.07, 6.45) is 5.73. The van der Waals surface area contributed by atoms with Crippen LogP contribution in [0, 0.1) is 5.92 Å². The number of likely N-dealkylation sites (tertiary alicyclic amines) is 2. The Morgan fingerprint density at radius 1 is 1.09 bits per heavy atom. The van der Waals surface area contributed by atoms with Crippen molar-refractivity contribution in [2.24, 2.45) is 5.92 Å². The summed E-state index contributed by atoms with van der Waals surface area (Å²) in [7, 11) is 1.99. The van der Waals surface area contributed by atoms with Crippen molar-refractivity contribution in [1.29, 1.82) is 0 Å². The number of carbonyl (C=O) groups excluding carboxylic acids is 2. The monoisotopic (exact) mass is 310 g/mol. The fourth-order valence-corrected chi connectivity index (χ4v) is 3.29. The number of nitrogens with one attached hydrogen (secondary N) is 2. The van der Waals surface area contributed by atoms with E-state index in [4.69, 9.17) is 0 Å². The maximum absolute atomic E-state index is 12.0. The van der Waals surface area contributed by atoms with Gasteiger partial charge in [0, 0.05) is 13.1 Å². The lowest BCUT2D eigenvalue weighted by atomic mass is 9.93. The van der Waals surface area contributed by atoms with Crippen LogP contribution in [0.5, 0.6) is 0 Å². The van der Waals surface area contributed by atoms with Crippen LogP contribution < -0.4 is 10.6 Å². The van der Waals surface area contributed by atoms with E-state index in [-0.39, 0.29) is 18.4 Å². The molecule has 126 valence electrons. The van der Waals surface area contributed by atoms with Crippen molar-refractivity contribution in [3.05, 3.63) is 0 Å². The summed E-state index contributed by atoms with van der Waals surface area (Å²) in [6.45, 7) is 5.31. The fraction of sp³-hybridized carbons (Fsp3) is 0.875. The maximum Gasteiger partial charge on any atom is 0.241 e. The van der Waals surface area contributed by atoms with Crippen LogP contribution in [-0.4, -0.2) is 74.5 Å². The SMILES string of the molecule is CNCCC1CCN(CC(=O)NCC(=O)N2CCCC2)CC1. The maximum atomic E-state index is 12.0. The van der Waals surface area contributed by atoms with Gasteiger partial charge >= 0.3 is 0 Å². The highest BCUT2D eigenvalue weighted by Gasteiger charge is 2.21. The van der Waals surface area contributed by atoms with Crippen molar-refractivity contribution in [2.75, 3.05) is 52.9 Å². The topological polar surface area (TPSA) is 64.7 Å². The minimum absolute atomic E-state index is 0.0266. The van der Waals surface area contributed by atoms with Gasteiger partial charge in [-0.3, -0.25) is 14.5 Å². The summed E-state index contributed by atoms with van der Waals surface area (Å²) in [5.74, 6) is 0.807. The van der Waals surface area contributed by atoms with Gasteiger partial charge in [0.2, 0.25) is 11.8 Å². The highest BCUT2D eigenvalue weighted by atomic mass is 16.2. The van der Waals surface area contributed by atoms with Crippen molar-refractivity contribution in [3.63, 3.8) is 0 Å². The highest BCUT2D eigenvalue weighted by Crippen LogP contribution is 2.19. The first-order valence-corrected chi connectivity index (χ1v) is 8.60. The lowest BCUT2D eigenvalue weighted by molar-refractivity contribution is -0.132. The van der Waals surface area contributed by atoms with E-state index in [1.54, 1.807) is 0 Å². The molecular weight excluding hydrogens is 280 g/mol. The van der Waals surface area contributed by atoms with Gasteiger partial charge in [0.25, 0.3) is 0 Å². The molecule has 0 aliphatic carbocycles. The fourth-order valence-electron chi connectivity index (χ4n) is 3.29. The molecule has 0 aromatic heterocycles. The zero-order valence-electron chi connectivity index (χ0n) is 13.8. The summed E-state index contributed by atoms with van der Waals surface area (Å²) in [6, 6.07) is 0. The van der Waals surface area contributed by atoms with Crippen LogP contribution in [0.25, 0.3) is 0 Å². The Hall–Kier alpha value is -1.14. The van der Waals surface area contributed by atoms with E-state index in [1.165, 1.54) is 19.3 Å². The Kier molecular flexibility index (Phi) is 7.12. The van der Waals surface area contributed by atoms with Crippen molar-refractivity contribution in [3.8, 4) is 0 Å². The predicted molar refractivity (Wildman–Crippen MR) is 86.5 cm³/mol. The normalized spacial score (nSPS) is 20.3. The van der Waals surface area contributed by atoms with Crippen molar-refractivity contribution in [1.82, 2.24) is 20.4 Å². The molecule has 2 fully saturated rings. The van der Waals surface area contributed by atoms with Crippen molar-refractivity contribution in [2.45, 2.75) is 32.1 Å². The molecule has 22 heavy (non-hydrogen) atoms. The van der Waals surface area contributed by atoms with E-state index < -0.39 is 0 Å². The molecule has 0 radical (unpaired) electrons. The predicted octanol–water partition coefficient (Wildman–Crippen LogP) is 0.0465. The molecule has 2 rings (SSSR count). The summed E-state index contributed by atoms with van der Waals surface area (Å²) < 4.78 is 0. The first-order chi connectivity index (χ1) is 10.7. The average molecular weight is 310 g/mol. The first kappa shape index (κ1) is 17.2. The Labute approximate surface area is 133 Å². The second-order valence-electron chi connectivity index (χ2n) is 6.48. The van der Waals surface area contributed by atoms with Gasteiger partial charge in [-0.15, -0.1) is 0 Å². The lowest BCUT2D eigenvalue weighted by Crippen LogP contribution is -2.44. The van der Waals surface area contributed by atoms with Crippen LogP contribution in [0.3, 0.4) is 0 Å². The molecule has 2 saturated heterocycles. The number of nitrogens with zero attached hydrogens (tertiary/aromatic N) is 2. The van der Waals surface area contributed by atoms with Gasteiger partial charge in [-0.25, -0.2) is 0 Å². The van der Waals surface area contributed by atoms with E-state index >= 15 is 0 Å². The zero-order chi connectivity index (χ0) is 15.8. The first-order valence-electron chi connectivity index (χ1n) is 8.60. The Balaban J connectivity index is 1.58. The van der Waals surface area contributed by atoms with Crippen molar-refractivity contribution < 1.29 is 9.59 Å². The van der Waals surface area contributed by atoms with E-state index in [9.17, 15) is 9.59 Å². The third-order valence-corrected chi connectivity index (χ3v) is 4.77. The minimum Gasteiger partial charge on any atom is -0.346 e. The highest BCUT2D eigenvalue weighted by molar-refractivity contribution is 5.85. The number of amides is 2. The van der Waals surface area contributed by atoms with Crippen LogP contribution in [0.1, 0.15) is 32.1 Å². The molecule has 2 N–H and O–H groups in total.